The lowest BCUT2D eigenvalue weighted by atomic mass is 9.88. The maximum absolute atomic E-state index is 5.91. The maximum Gasteiger partial charge on any atom is 0.0704 e. The molecule has 0 saturated carbocycles. The first-order chi connectivity index (χ1) is 6.19. The van der Waals surface area contributed by atoms with Gasteiger partial charge in [-0.3, -0.25) is 0 Å². The third kappa shape index (κ3) is 2.55. The van der Waals surface area contributed by atoms with E-state index in [2.05, 4.69) is 25.7 Å². The van der Waals surface area contributed by atoms with Crippen LogP contribution in [0.15, 0.2) is 12.7 Å². The average Bonchev–Trinajstić information content (AvgIpc) is 2.11. The number of hydrogen-bond donors (Lipinski definition) is 1. The van der Waals surface area contributed by atoms with E-state index < -0.39 is 0 Å². The third-order valence-electron chi connectivity index (χ3n) is 2.99. The second-order valence-corrected chi connectivity index (χ2v) is 4.01. The van der Waals surface area contributed by atoms with Crippen LogP contribution in [0.4, 0.5) is 0 Å². The normalized spacial score (nSPS) is 40.2. The molecule has 13 heavy (non-hydrogen) atoms. The van der Waals surface area contributed by atoms with Gasteiger partial charge in [-0.2, -0.15) is 0 Å². The summed E-state index contributed by atoms with van der Waals surface area (Å²) in [6, 6.07) is 0.510. The summed E-state index contributed by atoms with van der Waals surface area (Å²) in [4.78, 5) is 0. The second-order valence-electron chi connectivity index (χ2n) is 4.01. The van der Waals surface area contributed by atoms with Crippen molar-refractivity contribution in [2.45, 2.75) is 44.9 Å². The van der Waals surface area contributed by atoms with Crippen LogP contribution >= 0.6 is 0 Å². The fourth-order valence-corrected chi connectivity index (χ4v) is 2.05. The highest BCUT2D eigenvalue weighted by Crippen LogP contribution is 2.26. The summed E-state index contributed by atoms with van der Waals surface area (Å²) >= 11 is 0. The molecular weight excluding hydrogens is 162 g/mol. The Kier molecular flexibility index (Phi) is 3.94. The minimum absolute atomic E-state index is 0.325. The molecule has 0 bridgehead atoms. The van der Waals surface area contributed by atoms with E-state index in [1.807, 2.05) is 13.1 Å². The molecule has 4 atom stereocenters. The molecule has 0 spiro atoms. The van der Waals surface area contributed by atoms with Crippen LogP contribution in [0.25, 0.3) is 0 Å². The Balaban J connectivity index is 2.50. The molecule has 2 heteroatoms. The Bertz CT molecular complexity index is 169. The van der Waals surface area contributed by atoms with E-state index in [9.17, 15) is 0 Å². The molecule has 1 rings (SSSR count). The largest absolute Gasteiger partial charge is 0.373 e. The van der Waals surface area contributed by atoms with Crippen LogP contribution in [0.3, 0.4) is 0 Å². The Morgan fingerprint density at radius 1 is 1.54 bits per heavy atom. The summed E-state index contributed by atoms with van der Waals surface area (Å²) in [7, 11) is 2.01. The van der Waals surface area contributed by atoms with Crippen molar-refractivity contribution in [2.24, 2.45) is 5.92 Å². The number of hydrogen-bond acceptors (Lipinski definition) is 2. The van der Waals surface area contributed by atoms with E-state index in [0.29, 0.717) is 24.2 Å². The zero-order valence-electron chi connectivity index (χ0n) is 8.92. The van der Waals surface area contributed by atoms with Gasteiger partial charge >= 0.3 is 0 Å². The van der Waals surface area contributed by atoms with Crippen LogP contribution in [-0.2, 0) is 4.74 Å². The molecule has 0 aromatic carbocycles. The molecule has 0 radical (unpaired) electrons. The van der Waals surface area contributed by atoms with E-state index in [4.69, 9.17) is 4.74 Å². The van der Waals surface area contributed by atoms with Crippen molar-refractivity contribution in [1.82, 2.24) is 5.32 Å². The molecule has 1 fully saturated rings. The van der Waals surface area contributed by atoms with E-state index in [1.54, 1.807) is 0 Å². The van der Waals surface area contributed by atoms with Crippen LogP contribution in [0.2, 0.25) is 0 Å². The quantitative estimate of drug-likeness (QED) is 0.675. The van der Waals surface area contributed by atoms with Gasteiger partial charge in [0.15, 0.2) is 0 Å². The Hall–Kier alpha value is -0.340. The standard InChI is InChI=1S/C11H21NO/c1-5-6-11-8(2)7-10(12-4)9(3)13-11/h5,8-12H,1,6-7H2,2-4H3. The Morgan fingerprint density at radius 2 is 2.23 bits per heavy atom. The van der Waals surface area contributed by atoms with E-state index in [1.165, 1.54) is 6.42 Å². The molecule has 76 valence electrons. The molecule has 1 aliphatic heterocycles. The third-order valence-corrected chi connectivity index (χ3v) is 2.99. The van der Waals surface area contributed by atoms with Crippen molar-refractivity contribution in [1.29, 1.82) is 0 Å². The van der Waals surface area contributed by atoms with Crippen LogP contribution in [0.1, 0.15) is 26.7 Å². The molecule has 0 aromatic rings. The van der Waals surface area contributed by atoms with E-state index >= 15 is 0 Å². The first-order valence-electron chi connectivity index (χ1n) is 5.12. The predicted octanol–water partition coefficient (Wildman–Crippen LogP) is 1.96. The fourth-order valence-electron chi connectivity index (χ4n) is 2.05. The molecule has 0 aromatic heterocycles. The van der Waals surface area contributed by atoms with Crippen molar-refractivity contribution in [3.8, 4) is 0 Å². The molecule has 2 nitrogen and oxygen atoms in total. The maximum atomic E-state index is 5.91. The molecule has 4 unspecified atom stereocenters. The Morgan fingerprint density at radius 3 is 2.77 bits per heavy atom. The predicted molar refractivity (Wildman–Crippen MR) is 55.8 cm³/mol. The summed E-state index contributed by atoms with van der Waals surface area (Å²) in [5.41, 5.74) is 0. The molecular formula is C11H21NO. The Labute approximate surface area is 81.4 Å². The number of likely N-dealkylation sites (N-methyl/N-ethyl adjacent to an activating group) is 1. The molecule has 0 amide bonds. The molecule has 1 N–H and O–H groups in total. The summed E-state index contributed by atoms with van der Waals surface area (Å²) in [5.74, 6) is 0.631. The number of nitrogens with one attached hydrogen (secondary N) is 1. The van der Waals surface area contributed by atoms with Crippen LogP contribution in [-0.4, -0.2) is 25.3 Å². The van der Waals surface area contributed by atoms with Gasteiger partial charge in [-0.1, -0.05) is 13.0 Å². The first kappa shape index (κ1) is 10.7. The smallest absolute Gasteiger partial charge is 0.0704 e. The molecule has 1 saturated heterocycles. The zero-order valence-corrected chi connectivity index (χ0v) is 8.92. The van der Waals surface area contributed by atoms with E-state index in [0.717, 1.165) is 6.42 Å². The minimum Gasteiger partial charge on any atom is -0.373 e. The minimum atomic E-state index is 0.325. The summed E-state index contributed by atoms with van der Waals surface area (Å²) < 4.78 is 5.91. The van der Waals surface area contributed by atoms with Gasteiger partial charge in [0.2, 0.25) is 0 Å². The van der Waals surface area contributed by atoms with E-state index in [-0.39, 0.29) is 0 Å². The second kappa shape index (κ2) is 4.77. The van der Waals surface area contributed by atoms with Gasteiger partial charge < -0.3 is 10.1 Å². The van der Waals surface area contributed by atoms with Gasteiger partial charge in [-0.05, 0) is 32.7 Å². The van der Waals surface area contributed by atoms with Gasteiger partial charge in [-0.25, -0.2) is 0 Å². The topological polar surface area (TPSA) is 21.3 Å². The van der Waals surface area contributed by atoms with Crippen molar-refractivity contribution in [3.05, 3.63) is 12.7 Å². The average molecular weight is 183 g/mol. The lowest BCUT2D eigenvalue weighted by Gasteiger charge is -2.38. The molecule has 1 heterocycles. The van der Waals surface area contributed by atoms with Gasteiger partial charge in [0.05, 0.1) is 12.2 Å². The monoisotopic (exact) mass is 183 g/mol. The van der Waals surface area contributed by atoms with Gasteiger partial charge in [0.25, 0.3) is 0 Å². The first-order valence-corrected chi connectivity index (χ1v) is 5.12. The highest BCUT2D eigenvalue weighted by molar-refractivity contribution is 4.87. The van der Waals surface area contributed by atoms with Crippen molar-refractivity contribution in [2.75, 3.05) is 7.05 Å². The van der Waals surface area contributed by atoms with Crippen LogP contribution in [0.5, 0.6) is 0 Å². The van der Waals surface area contributed by atoms with Crippen LogP contribution in [0, 0.1) is 5.92 Å². The number of rotatable bonds is 3. The van der Waals surface area contributed by atoms with Crippen molar-refractivity contribution < 1.29 is 4.74 Å². The van der Waals surface area contributed by atoms with Gasteiger partial charge in [-0.15, -0.1) is 6.58 Å². The molecule has 1 aliphatic rings. The summed E-state index contributed by atoms with van der Waals surface area (Å²) in [6.07, 6.45) is 4.83. The fraction of sp³-hybridized carbons (Fsp3) is 0.818. The lowest BCUT2D eigenvalue weighted by molar-refractivity contribution is -0.0844. The zero-order chi connectivity index (χ0) is 9.84. The number of ether oxygens (including phenoxy) is 1. The highest BCUT2D eigenvalue weighted by atomic mass is 16.5. The van der Waals surface area contributed by atoms with Crippen molar-refractivity contribution >= 4 is 0 Å². The highest BCUT2D eigenvalue weighted by Gasteiger charge is 2.31. The van der Waals surface area contributed by atoms with Gasteiger partial charge in [0.1, 0.15) is 0 Å². The van der Waals surface area contributed by atoms with Crippen molar-refractivity contribution in [3.63, 3.8) is 0 Å². The summed E-state index contributed by atoms with van der Waals surface area (Å²) in [6.45, 7) is 8.15. The molecule has 0 aliphatic carbocycles. The summed E-state index contributed by atoms with van der Waals surface area (Å²) in [5, 5.41) is 3.30. The van der Waals surface area contributed by atoms with Gasteiger partial charge in [0, 0.05) is 6.04 Å². The lowest BCUT2D eigenvalue weighted by Crippen LogP contribution is -2.47. The SMILES string of the molecule is C=CCC1OC(C)C(NC)CC1C. The van der Waals surface area contributed by atoms with Crippen LogP contribution < -0.4 is 5.32 Å².